The Morgan fingerprint density at radius 1 is 0.962 bits per heavy atom. The van der Waals surface area contributed by atoms with E-state index in [0.717, 1.165) is 36.8 Å². The number of quaternary nitrogens is 1. The summed E-state index contributed by atoms with van der Waals surface area (Å²) in [7, 11) is 0. The molecule has 0 amide bonds. The molecule has 1 saturated heterocycles. The van der Waals surface area contributed by atoms with Gasteiger partial charge >= 0.3 is 0 Å². The van der Waals surface area contributed by atoms with Gasteiger partial charge in [-0.25, -0.2) is 0 Å². The normalized spacial score (nSPS) is 50.2. The zero-order chi connectivity index (χ0) is 18.7. The van der Waals surface area contributed by atoms with Gasteiger partial charge in [-0.3, -0.25) is 0 Å². The number of aliphatic carboxylic acids is 1. The topological polar surface area (TPSA) is 44.6 Å². The summed E-state index contributed by atoms with van der Waals surface area (Å²) in [6.07, 6.45) is 11.0. The molecule has 3 heteroatoms. The van der Waals surface area contributed by atoms with Crippen LogP contribution in [-0.2, 0) is 4.79 Å². The molecule has 1 heterocycles. The van der Waals surface area contributed by atoms with Crippen LogP contribution in [-0.4, -0.2) is 25.6 Å². The van der Waals surface area contributed by atoms with Gasteiger partial charge in [0.05, 0.1) is 19.1 Å². The number of hydrogen-bond donors (Lipinski definition) is 1. The van der Waals surface area contributed by atoms with Crippen LogP contribution >= 0.6 is 0 Å². The van der Waals surface area contributed by atoms with Crippen molar-refractivity contribution in [1.29, 1.82) is 0 Å². The number of likely N-dealkylation sites (tertiary alicyclic amines) is 1. The van der Waals surface area contributed by atoms with Crippen molar-refractivity contribution in [2.24, 2.45) is 39.9 Å². The first-order valence-electron chi connectivity index (χ1n) is 11.2. The summed E-state index contributed by atoms with van der Waals surface area (Å²) < 4.78 is 0. The maximum Gasteiger partial charge on any atom is 0.117 e. The largest absolute Gasteiger partial charge is 0.544 e. The molecule has 3 saturated carbocycles. The lowest BCUT2D eigenvalue weighted by Gasteiger charge is -2.67. The lowest BCUT2D eigenvalue weighted by molar-refractivity contribution is -0.905. The molecule has 1 N–H and O–H groups in total. The first kappa shape index (κ1) is 18.8. The van der Waals surface area contributed by atoms with E-state index in [0.29, 0.717) is 16.2 Å². The van der Waals surface area contributed by atoms with Gasteiger partial charge < -0.3 is 14.8 Å². The second-order valence-corrected chi connectivity index (χ2v) is 11.5. The van der Waals surface area contributed by atoms with E-state index in [1.54, 1.807) is 0 Å². The van der Waals surface area contributed by atoms with Crippen molar-refractivity contribution in [1.82, 2.24) is 0 Å². The third kappa shape index (κ3) is 2.75. The van der Waals surface area contributed by atoms with E-state index in [-0.39, 0.29) is 6.54 Å². The average Bonchev–Trinajstić information content (AvgIpc) is 2.52. The molecule has 0 radical (unpaired) electrons. The molecular formula is C23H39NO2. The summed E-state index contributed by atoms with van der Waals surface area (Å²) in [5, 5.41) is 11.0. The van der Waals surface area contributed by atoms with Gasteiger partial charge in [-0.1, -0.05) is 34.1 Å². The average molecular weight is 362 g/mol. The summed E-state index contributed by atoms with van der Waals surface area (Å²) in [5.74, 6) is 2.43. The number of nitrogens with one attached hydrogen (secondary N) is 1. The van der Waals surface area contributed by atoms with Crippen molar-refractivity contribution in [2.75, 3.05) is 19.6 Å². The summed E-state index contributed by atoms with van der Waals surface area (Å²) in [5.41, 5.74) is 1.51. The molecule has 4 fully saturated rings. The third-order valence-corrected chi connectivity index (χ3v) is 9.84. The standard InChI is InChI=1S/C23H39NO2/c1-21(2)10-5-11-23(4)18(21)8-12-22(3)17-9-13-24(15-20(25)26)14-16(17)6-7-19(22)23/h16-19H,5-15H2,1-4H3,(H,25,26). The molecule has 0 bridgehead atoms. The summed E-state index contributed by atoms with van der Waals surface area (Å²) in [6.45, 7) is 12.6. The first-order valence-corrected chi connectivity index (χ1v) is 11.2. The summed E-state index contributed by atoms with van der Waals surface area (Å²) >= 11 is 0. The Labute approximate surface area is 159 Å². The van der Waals surface area contributed by atoms with Crippen molar-refractivity contribution >= 4 is 5.97 Å². The van der Waals surface area contributed by atoms with E-state index in [9.17, 15) is 9.90 Å². The Bertz CT molecular complexity index is 573. The van der Waals surface area contributed by atoms with E-state index >= 15 is 0 Å². The highest BCUT2D eigenvalue weighted by atomic mass is 16.4. The fraction of sp³-hybridized carbons (Fsp3) is 0.957. The van der Waals surface area contributed by atoms with Crippen LogP contribution < -0.4 is 10.0 Å². The molecule has 0 spiro atoms. The van der Waals surface area contributed by atoms with Crippen LogP contribution in [0.1, 0.15) is 79.1 Å². The Morgan fingerprint density at radius 2 is 1.73 bits per heavy atom. The molecule has 3 aliphatic carbocycles. The van der Waals surface area contributed by atoms with Gasteiger partial charge in [0.15, 0.2) is 0 Å². The Hall–Kier alpha value is -0.570. The molecule has 7 atom stereocenters. The van der Waals surface area contributed by atoms with Crippen molar-refractivity contribution in [2.45, 2.75) is 79.1 Å². The maximum absolute atomic E-state index is 11.0. The Kier molecular flexibility index (Phi) is 4.49. The molecule has 0 aromatic rings. The predicted molar refractivity (Wildman–Crippen MR) is 101 cm³/mol. The second-order valence-electron chi connectivity index (χ2n) is 11.5. The number of fused-ring (bicyclic) bond motifs is 5. The maximum atomic E-state index is 11.0. The van der Waals surface area contributed by atoms with Crippen molar-refractivity contribution in [3.05, 3.63) is 0 Å². The zero-order valence-corrected chi connectivity index (χ0v) is 17.4. The van der Waals surface area contributed by atoms with Gasteiger partial charge in [0.2, 0.25) is 0 Å². The quantitative estimate of drug-likeness (QED) is 0.820. The second kappa shape index (κ2) is 6.22. The van der Waals surface area contributed by atoms with E-state index in [2.05, 4.69) is 27.7 Å². The molecule has 4 aliphatic rings. The first-order chi connectivity index (χ1) is 12.2. The van der Waals surface area contributed by atoms with Crippen LogP contribution in [0.4, 0.5) is 0 Å². The van der Waals surface area contributed by atoms with Gasteiger partial charge in [-0.05, 0) is 72.5 Å². The van der Waals surface area contributed by atoms with Gasteiger partial charge in [-0.2, -0.15) is 0 Å². The third-order valence-electron chi connectivity index (χ3n) is 9.84. The number of carbonyl (C=O) groups is 1. The van der Waals surface area contributed by atoms with Gasteiger partial charge in [0.1, 0.15) is 6.54 Å². The molecule has 4 rings (SSSR count). The minimum atomic E-state index is -0.879. The highest BCUT2D eigenvalue weighted by molar-refractivity contribution is 5.65. The fourth-order valence-electron chi connectivity index (χ4n) is 8.92. The summed E-state index contributed by atoms with van der Waals surface area (Å²) in [4.78, 5) is 12.3. The number of piperidine rings is 1. The van der Waals surface area contributed by atoms with E-state index in [1.165, 1.54) is 56.3 Å². The molecule has 26 heavy (non-hydrogen) atoms. The van der Waals surface area contributed by atoms with Gasteiger partial charge in [0, 0.05) is 12.3 Å². The molecular weight excluding hydrogens is 322 g/mol. The SMILES string of the molecule is CC1(C)CCCC2(C)C1CCC1(C)C3CC[NH+](CC(=O)[O-])CC3CCC12. The number of carboxylic acid groups (broad SMARTS) is 1. The molecule has 148 valence electrons. The Morgan fingerprint density at radius 3 is 2.46 bits per heavy atom. The number of carboxylic acids is 1. The van der Waals surface area contributed by atoms with Crippen molar-refractivity contribution in [3.63, 3.8) is 0 Å². The van der Waals surface area contributed by atoms with Gasteiger partial charge in [-0.15, -0.1) is 0 Å². The fourth-order valence-corrected chi connectivity index (χ4v) is 8.92. The minimum absolute atomic E-state index is 0.206. The molecule has 7 unspecified atom stereocenters. The number of carbonyl (C=O) groups excluding carboxylic acids is 1. The van der Waals surface area contributed by atoms with Crippen LogP contribution in [0.5, 0.6) is 0 Å². The van der Waals surface area contributed by atoms with Crippen molar-refractivity contribution < 1.29 is 14.8 Å². The smallest absolute Gasteiger partial charge is 0.117 e. The molecule has 0 aromatic heterocycles. The summed E-state index contributed by atoms with van der Waals surface area (Å²) in [6, 6.07) is 0. The highest BCUT2D eigenvalue weighted by Crippen LogP contribution is 2.69. The van der Waals surface area contributed by atoms with Gasteiger partial charge in [0.25, 0.3) is 0 Å². The highest BCUT2D eigenvalue weighted by Gasteiger charge is 2.62. The lowest BCUT2D eigenvalue weighted by Crippen LogP contribution is -3.15. The van der Waals surface area contributed by atoms with Crippen LogP contribution in [0.15, 0.2) is 0 Å². The van der Waals surface area contributed by atoms with Crippen molar-refractivity contribution in [3.8, 4) is 0 Å². The number of rotatable bonds is 2. The zero-order valence-electron chi connectivity index (χ0n) is 17.4. The van der Waals surface area contributed by atoms with E-state index < -0.39 is 5.97 Å². The van der Waals surface area contributed by atoms with Crippen LogP contribution in [0.3, 0.4) is 0 Å². The monoisotopic (exact) mass is 361 g/mol. The minimum Gasteiger partial charge on any atom is -0.544 e. The van der Waals surface area contributed by atoms with Crippen LogP contribution in [0.2, 0.25) is 0 Å². The van der Waals surface area contributed by atoms with Crippen LogP contribution in [0, 0.1) is 39.9 Å². The lowest BCUT2D eigenvalue weighted by atomic mass is 9.38. The predicted octanol–water partition coefficient (Wildman–Crippen LogP) is 2.30. The molecule has 1 aliphatic heterocycles. The van der Waals surface area contributed by atoms with Crippen LogP contribution in [0.25, 0.3) is 0 Å². The Balaban J connectivity index is 1.57. The van der Waals surface area contributed by atoms with E-state index in [1.807, 2.05) is 0 Å². The molecule has 0 aromatic carbocycles. The number of hydrogen-bond acceptors (Lipinski definition) is 2. The van der Waals surface area contributed by atoms with E-state index in [4.69, 9.17) is 0 Å². The molecule has 3 nitrogen and oxygen atoms in total.